The molecule has 8 heteroatoms. The molecular weight excluding hydrogens is 404 g/mol. The van der Waals surface area contributed by atoms with Crippen LogP contribution < -0.4 is 5.73 Å². The van der Waals surface area contributed by atoms with E-state index in [1.54, 1.807) is 11.8 Å². The normalized spacial score (nSPS) is 17.1. The van der Waals surface area contributed by atoms with Crippen molar-refractivity contribution >= 4 is 33.6 Å². The van der Waals surface area contributed by atoms with Crippen molar-refractivity contribution in [3.8, 4) is 0 Å². The molecule has 0 spiro atoms. The van der Waals surface area contributed by atoms with Gasteiger partial charge in [0.2, 0.25) is 5.91 Å². The van der Waals surface area contributed by atoms with E-state index in [4.69, 9.17) is 10.5 Å². The summed E-state index contributed by atoms with van der Waals surface area (Å²) in [7, 11) is 0. The topological polar surface area (TPSA) is 83.0 Å². The molecule has 1 aromatic heterocycles. The van der Waals surface area contributed by atoms with Gasteiger partial charge in [-0.2, -0.15) is 0 Å². The Labute approximate surface area is 159 Å². The predicted octanol–water partition coefficient (Wildman–Crippen LogP) is 2.93. The maximum absolute atomic E-state index is 11.1. The van der Waals surface area contributed by atoms with Gasteiger partial charge in [0.25, 0.3) is 0 Å². The highest BCUT2D eigenvalue weighted by molar-refractivity contribution is 9.10. The Morgan fingerprint density at radius 3 is 2.84 bits per heavy atom. The molecule has 25 heavy (non-hydrogen) atoms. The van der Waals surface area contributed by atoms with Crippen molar-refractivity contribution < 1.29 is 9.53 Å². The Kier molecular flexibility index (Phi) is 6.50. The maximum Gasteiger partial charge on any atom is 0.217 e. The van der Waals surface area contributed by atoms with Gasteiger partial charge in [-0.3, -0.25) is 4.79 Å². The summed E-state index contributed by atoms with van der Waals surface area (Å²) in [5.74, 6) is 1.29. The van der Waals surface area contributed by atoms with Crippen molar-refractivity contribution in [2.45, 2.75) is 49.2 Å². The molecule has 1 atom stereocenters. The molecule has 1 amide bonds. The minimum atomic E-state index is -0.323. The molecule has 0 aliphatic carbocycles. The summed E-state index contributed by atoms with van der Waals surface area (Å²) in [6, 6.07) is 8.24. The van der Waals surface area contributed by atoms with E-state index in [0.29, 0.717) is 6.42 Å². The second-order valence-corrected chi connectivity index (χ2v) is 7.88. The van der Waals surface area contributed by atoms with Gasteiger partial charge in [0, 0.05) is 29.7 Å². The second-order valence-electron chi connectivity index (χ2n) is 6.03. The van der Waals surface area contributed by atoms with Crippen molar-refractivity contribution in [1.29, 1.82) is 0 Å². The number of carbonyl (C=O) groups excluding carboxylic acids is 1. The quantitative estimate of drug-likeness (QED) is 0.658. The van der Waals surface area contributed by atoms with Gasteiger partial charge in [-0.05, 0) is 30.5 Å². The van der Waals surface area contributed by atoms with Gasteiger partial charge in [-0.25, -0.2) is 0 Å². The van der Waals surface area contributed by atoms with E-state index in [1.807, 2.05) is 12.1 Å². The van der Waals surface area contributed by atoms with Crippen LogP contribution in [0.1, 0.15) is 30.7 Å². The zero-order valence-corrected chi connectivity index (χ0v) is 16.3. The number of primary amides is 1. The molecule has 0 bridgehead atoms. The van der Waals surface area contributed by atoms with Crippen LogP contribution in [0.3, 0.4) is 0 Å². The zero-order chi connectivity index (χ0) is 17.6. The first-order valence-electron chi connectivity index (χ1n) is 8.31. The molecule has 1 aliphatic rings. The third-order valence-electron chi connectivity index (χ3n) is 4.08. The van der Waals surface area contributed by atoms with Gasteiger partial charge in [0.05, 0.1) is 12.6 Å². The van der Waals surface area contributed by atoms with Crippen LogP contribution in [-0.2, 0) is 28.2 Å². The molecule has 1 aliphatic heterocycles. The third kappa shape index (κ3) is 5.29. The molecule has 2 N–H and O–H groups in total. The van der Waals surface area contributed by atoms with Crippen molar-refractivity contribution in [3.63, 3.8) is 0 Å². The van der Waals surface area contributed by atoms with Crippen LogP contribution in [0.25, 0.3) is 0 Å². The average molecular weight is 425 g/mol. The number of benzene rings is 1. The summed E-state index contributed by atoms with van der Waals surface area (Å²) in [6.45, 7) is 1.54. The van der Waals surface area contributed by atoms with Gasteiger partial charge in [-0.15, -0.1) is 10.2 Å². The molecule has 1 saturated heterocycles. The minimum absolute atomic E-state index is 0.190. The first-order chi connectivity index (χ1) is 12.1. The number of thioether (sulfide) groups is 1. The van der Waals surface area contributed by atoms with Gasteiger partial charge in [-0.1, -0.05) is 39.8 Å². The molecule has 1 aromatic carbocycles. The highest BCUT2D eigenvalue weighted by Crippen LogP contribution is 2.25. The smallest absolute Gasteiger partial charge is 0.217 e. The highest BCUT2D eigenvalue weighted by Gasteiger charge is 2.21. The predicted molar refractivity (Wildman–Crippen MR) is 100 cm³/mol. The number of carbonyl (C=O) groups is 1. The number of halogens is 1. The van der Waals surface area contributed by atoms with E-state index in [9.17, 15) is 4.79 Å². The van der Waals surface area contributed by atoms with Crippen LogP contribution in [0.4, 0.5) is 0 Å². The molecule has 2 heterocycles. The van der Waals surface area contributed by atoms with Crippen molar-refractivity contribution in [2.24, 2.45) is 5.73 Å². The van der Waals surface area contributed by atoms with Crippen molar-refractivity contribution in [1.82, 2.24) is 14.8 Å². The summed E-state index contributed by atoms with van der Waals surface area (Å²) < 4.78 is 8.91. The summed E-state index contributed by atoms with van der Waals surface area (Å²) in [5.41, 5.74) is 6.50. The number of nitrogens with two attached hydrogens (primary N) is 1. The number of ether oxygens (including phenoxy) is 1. The van der Waals surface area contributed by atoms with E-state index in [-0.39, 0.29) is 18.4 Å². The fourth-order valence-electron chi connectivity index (χ4n) is 2.75. The molecule has 1 fully saturated rings. The van der Waals surface area contributed by atoms with E-state index < -0.39 is 0 Å². The number of aromatic nitrogens is 3. The first kappa shape index (κ1) is 18.4. The average Bonchev–Trinajstić information content (AvgIpc) is 3.23. The lowest BCUT2D eigenvalue weighted by Crippen LogP contribution is -2.19. The summed E-state index contributed by atoms with van der Waals surface area (Å²) in [4.78, 5) is 11.1. The van der Waals surface area contributed by atoms with Crippen LogP contribution in [0.15, 0.2) is 33.9 Å². The molecule has 0 saturated carbocycles. The number of aryl methyl sites for hydroxylation is 1. The molecule has 134 valence electrons. The minimum Gasteiger partial charge on any atom is -0.376 e. The van der Waals surface area contributed by atoms with Crippen LogP contribution in [-0.4, -0.2) is 33.4 Å². The Bertz CT molecular complexity index is 714. The highest BCUT2D eigenvalue weighted by atomic mass is 79.9. The van der Waals surface area contributed by atoms with Gasteiger partial charge >= 0.3 is 0 Å². The first-order valence-corrected chi connectivity index (χ1v) is 10.1. The Morgan fingerprint density at radius 2 is 2.16 bits per heavy atom. The number of rotatable bonds is 8. The van der Waals surface area contributed by atoms with E-state index >= 15 is 0 Å². The van der Waals surface area contributed by atoms with E-state index in [1.165, 1.54) is 5.56 Å². The van der Waals surface area contributed by atoms with Crippen LogP contribution in [0.5, 0.6) is 0 Å². The third-order valence-corrected chi connectivity index (χ3v) is 5.65. The monoisotopic (exact) mass is 424 g/mol. The largest absolute Gasteiger partial charge is 0.376 e. The zero-order valence-electron chi connectivity index (χ0n) is 13.9. The number of amides is 1. The van der Waals surface area contributed by atoms with Gasteiger partial charge in [0.15, 0.2) is 5.16 Å². The van der Waals surface area contributed by atoms with Crippen molar-refractivity contribution in [3.05, 3.63) is 40.1 Å². The molecule has 0 unspecified atom stereocenters. The number of hydrogen-bond acceptors (Lipinski definition) is 5. The van der Waals surface area contributed by atoms with Crippen LogP contribution in [0.2, 0.25) is 0 Å². The fraction of sp³-hybridized carbons (Fsp3) is 0.471. The molecule has 3 rings (SSSR count). The van der Waals surface area contributed by atoms with Crippen molar-refractivity contribution in [2.75, 3.05) is 6.61 Å². The van der Waals surface area contributed by atoms with E-state index in [2.05, 4.69) is 42.8 Å². The SMILES string of the molecule is NC(=O)CCc1nnc(SCc2ccc(Br)cc2)n1C[C@H]1CCCO1. The second kappa shape index (κ2) is 8.82. The number of nitrogens with zero attached hydrogens (tertiary/aromatic N) is 3. The molecule has 0 radical (unpaired) electrons. The van der Waals surface area contributed by atoms with Gasteiger partial charge in [0.1, 0.15) is 5.82 Å². The molecule has 6 nitrogen and oxygen atoms in total. The lowest BCUT2D eigenvalue weighted by molar-refractivity contribution is -0.118. The number of hydrogen-bond donors (Lipinski definition) is 1. The van der Waals surface area contributed by atoms with Crippen LogP contribution in [0, 0.1) is 0 Å². The Balaban J connectivity index is 1.71. The Morgan fingerprint density at radius 1 is 1.36 bits per heavy atom. The fourth-order valence-corrected chi connectivity index (χ4v) is 3.94. The maximum atomic E-state index is 11.1. The van der Waals surface area contributed by atoms with Crippen LogP contribution >= 0.6 is 27.7 Å². The van der Waals surface area contributed by atoms with E-state index in [0.717, 1.165) is 47.2 Å². The van der Waals surface area contributed by atoms with Gasteiger partial charge < -0.3 is 15.0 Å². The summed E-state index contributed by atoms with van der Waals surface area (Å²) in [6.07, 6.45) is 3.11. The Hall–Kier alpha value is -1.38. The summed E-state index contributed by atoms with van der Waals surface area (Å²) >= 11 is 5.10. The lowest BCUT2D eigenvalue weighted by Gasteiger charge is -2.14. The lowest BCUT2D eigenvalue weighted by atomic mass is 10.2. The summed E-state index contributed by atoms with van der Waals surface area (Å²) in [5, 5.41) is 9.46. The standard InChI is InChI=1S/C17H21BrN4O2S/c18-13-5-3-12(4-6-13)11-25-17-21-20-16(8-7-15(19)23)22(17)10-14-2-1-9-24-14/h3-6,14H,1-2,7-11H2,(H2,19,23)/t14-/m1/s1. The molecule has 2 aromatic rings. The molecular formula is C17H21BrN4O2S.